The first-order chi connectivity index (χ1) is 22.5. The molecule has 0 saturated carbocycles. The van der Waals surface area contributed by atoms with Gasteiger partial charge in [-0.25, -0.2) is 0 Å². The number of nitrogens with one attached hydrogen (secondary N) is 2. The average Bonchev–Trinajstić information content (AvgIpc) is 3.42. The lowest BCUT2D eigenvalue weighted by molar-refractivity contribution is -0.138. The van der Waals surface area contributed by atoms with Crippen LogP contribution < -0.4 is 11.1 Å². The second-order valence-corrected chi connectivity index (χ2v) is 14.7. The normalized spacial score (nSPS) is 19.2. The van der Waals surface area contributed by atoms with Crippen LogP contribution in [-0.4, -0.2) is 33.0 Å². The number of nitrogens with two attached hydrogens (primary N) is 1. The number of rotatable bonds is 14. The highest BCUT2D eigenvalue weighted by Crippen LogP contribution is 2.41. The van der Waals surface area contributed by atoms with Crippen molar-refractivity contribution in [1.82, 2.24) is 10.3 Å². The van der Waals surface area contributed by atoms with Crippen molar-refractivity contribution in [2.75, 3.05) is 0 Å². The summed E-state index contributed by atoms with van der Waals surface area (Å²) in [6.07, 6.45) is -2.80. The van der Waals surface area contributed by atoms with E-state index in [1.54, 1.807) is 6.07 Å². The number of ketones is 2. The number of halogens is 3. The number of para-hydroxylation sites is 1. The van der Waals surface area contributed by atoms with Gasteiger partial charge >= 0.3 is 6.18 Å². The molecule has 0 saturated heterocycles. The summed E-state index contributed by atoms with van der Waals surface area (Å²) >= 11 is 5.37. The van der Waals surface area contributed by atoms with E-state index < -0.39 is 40.4 Å². The van der Waals surface area contributed by atoms with E-state index in [1.807, 2.05) is 71.9 Å². The van der Waals surface area contributed by atoms with Crippen LogP contribution in [0.5, 0.6) is 0 Å². The van der Waals surface area contributed by atoms with Gasteiger partial charge in [-0.1, -0.05) is 95.2 Å². The van der Waals surface area contributed by atoms with E-state index in [0.29, 0.717) is 23.1 Å². The lowest BCUT2D eigenvalue weighted by Gasteiger charge is -2.40. The van der Waals surface area contributed by atoms with Crippen molar-refractivity contribution in [2.24, 2.45) is 29.4 Å². The van der Waals surface area contributed by atoms with Crippen LogP contribution in [0.2, 0.25) is 0 Å². The molecule has 0 radical (unpaired) electrons. The predicted octanol–water partition coefficient (Wildman–Crippen LogP) is 8.04. The number of Topliss-reactive ketones (excluding diaryl/α,β-unsaturated/α-hetero) is 2. The summed E-state index contributed by atoms with van der Waals surface area (Å²) in [5, 5.41) is 3.50. The molecule has 48 heavy (non-hydrogen) atoms. The second-order valence-electron chi connectivity index (χ2n) is 14.2. The summed E-state index contributed by atoms with van der Waals surface area (Å²) in [6.45, 7) is 11.5. The van der Waals surface area contributed by atoms with Gasteiger partial charge in [-0.15, -0.1) is 0 Å². The van der Waals surface area contributed by atoms with E-state index in [1.165, 1.54) is 6.07 Å². The number of benzene rings is 2. The number of aryl methyl sites for hydroxylation is 1. The largest absolute Gasteiger partial charge is 0.418 e. The van der Waals surface area contributed by atoms with Crippen LogP contribution >= 0.6 is 12.2 Å². The molecule has 0 aliphatic heterocycles. The molecule has 4 N–H and O–H groups in total. The molecule has 6 nitrogen and oxygen atoms in total. The van der Waals surface area contributed by atoms with Crippen LogP contribution in [0.25, 0.3) is 10.9 Å². The minimum atomic E-state index is -4.57. The maximum absolute atomic E-state index is 14.5. The van der Waals surface area contributed by atoms with E-state index in [-0.39, 0.29) is 66.0 Å². The second kappa shape index (κ2) is 14.5. The van der Waals surface area contributed by atoms with Gasteiger partial charge in [0.1, 0.15) is 11.3 Å². The summed E-state index contributed by atoms with van der Waals surface area (Å²) in [6, 6.07) is 13.4. The van der Waals surface area contributed by atoms with E-state index in [0.717, 1.165) is 18.1 Å². The molecule has 3 aromatic rings. The number of carbonyl (C=O) groups excluding carboxylic acids is 3. The van der Waals surface area contributed by atoms with Gasteiger partial charge in [-0.3, -0.25) is 14.4 Å². The highest BCUT2D eigenvalue weighted by atomic mass is 32.1. The number of aromatic amines is 1. The zero-order valence-corrected chi connectivity index (χ0v) is 29.5. The Kier molecular flexibility index (Phi) is 11.3. The third-order valence-electron chi connectivity index (χ3n) is 10.9. The highest BCUT2D eigenvalue weighted by Gasteiger charge is 2.47. The number of aromatic nitrogens is 1. The standard InChI is InChI=1S/C38H48F3N3O3S/c1-7-22(3)26(34(42)48)19-32(46)37(18-17-30-28(21-37)25-15-12-16-29(33(25)43-30)38(39,40)41)44-35(47)27(23(4)8-2)20-31(45)36(5,6)24-13-10-9-11-14-24/h9-16,22-23,26-27,43H,7-8,17-21H2,1-6H3,(H2,42,48)(H,44,47)/t22?,23?,26-,27-,37+/m0/s1. The molecular weight excluding hydrogens is 635 g/mol. The van der Waals surface area contributed by atoms with Crippen molar-refractivity contribution in [2.45, 2.75) is 104 Å². The molecule has 1 amide bonds. The summed E-state index contributed by atoms with van der Waals surface area (Å²) in [5.74, 6) is -2.08. The van der Waals surface area contributed by atoms with Crippen molar-refractivity contribution in [3.8, 4) is 0 Å². The lowest BCUT2D eigenvalue weighted by atomic mass is 9.72. The zero-order chi connectivity index (χ0) is 35.6. The molecule has 5 atom stereocenters. The maximum atomic E-state index is 14.5. The molecule has 0 fully saturated rings. The monoisotopic (exact) mass is 683 g/mol. The lowest BCUT2D eigenvalue weighted by Crippen LogP contribution is -2.60. The van der Waals surface area contributed by atoms with E-state index in [2.05, 4.69) is 10.3 Å². The minimum Gasteiger partial charge on any atom is -0.393 e. The maximum Gasteiger partial charge on any atom is 0.418 e. The minimum absolute atomic E-state index is 0.00601. The molecule has 0 bridgehead atoms. The molecule has 1 aliphatic carbocycles. The first-order valence-corrected chi connectivity index (χ1v) is 17.3. The first kappa shape index (κ1) is 37.3. The number of amides is 1. The fourth-order valence-corrected chi connectivity index (χ4v) is 7.34. The summed E-state index contributed by atoms with van der Waals surface area (Å²) < 4.78 is 41.9. The Labute approximate surface area is 286 Å². The summed E-state index contributed by atoms with van der Waals surface area (Å²) in [4.78, 5) is 46.0. The highest BCUT2D eigenvalue weighted by molar-refractivity contribution is 7.80. The van der Waals surface area contributed by atoms with Crippen molar-refractivity contribution >= 4 is 45.6 Å². The van der Waals surface area contributed by atoms with Gasteiger partial charge in [0, 0.05) is 47.6 Å². The number of fused-ring (bicyclic) bond motifs is 3. The van der Waals surface area contributed by atoms with Crippen LogP contribution in [0.4, 0.5) is 13.2 Å². The van der Waals surface area contributed by atoms with Gasteiger partial charge < -0.3 is 16.0 Å². The van der Waals surface area contributed by atoms with Gasteiger partial charge in [0.15, 0.2) is 5.78 Å². The van der Waals surface area contributed by atoms with Gasteiger partial charge in [-0.2, -0.15) is 13.2 Å². The van der Waals surface area contributed by atoms with Crippen molar-refractivity contribution < 1.29 is 27.6 Å². The number of hydrogen-bond donors (Lipinski definition) is 3. The van der Waals surface area contributed by atoms with Crippen molar-refractivity contribution in [3.63, 3.8) is 0 Å². The molecule has 1 heterocycles. The quantitative estimate of drug-likeness (QED) is 0.149. The van der Waals surface area contributed by atoms with Gasteiger partial charge in [-0.05, 0) is 55.7 Å². The Morgan fingerprint density at radius 1 is 0.958 bits per heavy atom. The number of hydrogen-bond acceptors (Lipinski definition) is 4. The van der Waals surface area contributed by atoms with Gasteiger partial charge in [0.05, 0.1) is 16.1 Å². The molecule has 0 spiro atoms. The fraction of sp³-hybridized carbons (Fsp3) is 0.526. The Bertz CT molecular complexity index is 1670. The molecule has 1 aliphatic rings. The molecule has 2 unspecified atom stereocenters. The van der Waals surface area contributed by atoms with Crippen LogP contribution in [0.3, 0.4) is 0 Å². The average molecular weight is 684 g/mol. The Morgan fingerprint density at radius 2 is 1.58 bits per heavy atom. The van der Waals surface area contributed by atoms with Crippen molar-refractivity contribution in [3.05, 3.63) is 70.9 Å². The number of H-pyrrole nitrogens is 1. The van der Waals surface area contributed by atoms with Crippen molar-refractivity contribution in [1.29, 1.82) is 0 Å². The van der Waals surface area contributed by atoms with Crippen LogP contribution in [-0.2, 0) is 38.8 Å². The third kappa shape index (κ3) is 7.53. The molecule has 1 aromatic heterocycles. The number of carbonyl (C=O) groups is 3. The number of thiocarbonyl (C=S) groups is 1. The van der Waals surface area contributed by atoms with Crippen LogP contribution in [0.15, 0.2) is 48.5 Å². The third-order valence-corrected chi connectivity index (χ3v) is 11.2. The molecular formula is C38H48F3N3O3S. The van der Waals surface area contributed by atoms with Gasteiger partial charge in [0.25, 0.3) is 0 Å². The Balaban J connectivity index is 1.76. The Hall–Kier alpha value is -3.53. The smallest absolute Gasteiger partial charge is 0.393 e. The molecule has 2 aromatic carbocycles. The summed E-state index contributed by atoms with van der Waals surface area (Å²) in [7, 11) is 0. The molecule has 4 rings (SSSR count). The zero-order valence-electron chi connectivity index (χ0n) is 28.7. The van der Waals surface area contributed by atoms with Crippen LogP contribution in [0.1, 0.15) is 96.0 Å². The topological polar surface area (TPSA) is 105 Å². The SMILES string of the molecule is CCC(C)[C@H](CC(=O)C(C)(C)c1ccccc1)C(=O)N[C@]1(C(=O)C[C@H](C(N)=S)C(C)CC)CCc2[nH]c3c(C(F)(F)F)cccc3c2C1. The molecule has 260 valence electrons. The van der Waals surface area contributed by atoms with Gasteiger partial charge in [0.2, 0.25) is 5.91 Å². The molecule has 10 heteroatoms. The van der Waals surface area contributed by atoms with E-state index in [9.17, 15) is 27.6 Å². The van der Waals surface area contributed by atoms with E-state index >= 15 is 0 Å². The van der Waals surface area contributed by atoms with Crippen LogP contribution in [0, 0.1) is 23.7 Å². The predicted molar refractivity (Wildman–Crippen MR) is 188 cm³/mol. The fourth-order valence-electron chi connectivity index (χ4n) is 7.02. The van der Waals surface area contributed by atoms with E-state index in [4.69, 9.17) is 18.0 Å². The summed E-state index contributed by atoms with van der Waals surface area (Å²) in [5.41, 5.74) is 5.08. The number of alkyl halides is 3. The first-order valence-electron chi connectivity index (χ1n) is 16.9. The Morgan fingerprint density at radius 3 is 2.17 bits per heavy atom.